The molecule has 1 amide bonds. The van der Waals surface area contributed by atoms with Crippen molar-refractivity contribution < 1.29 is 4.79 Å². The monoisotopic (exact) mass is 288 g/mol. The van der Waals surface area contributed by atoms with E-state index >= 15 is 0 Å². The van der Waals surface area contributed by atoms with Gasteiger partial charge in [-0.2, -0.15) is 0 Å². The number of imidazole rings is 1. The van der Waals surface area contributed by atoms with Gasteiger partial charge in [-0.25, -0.2) is 4.98 Å². The third-order valence-corrected chi connectivity index (χ3v) is 4.71. The van der Waals surface area contributed by atoms with E-state index in [4.69, 9.17) is 0 Å². The van der Waals surface area contributed by atoms with E-state index in [0.29, 0.717) is 18.2 Å². The number of aromatic nitrogens is 2. The van der Waals surface area contributed by atoms with Crippen LogP contribution in [0.15, 0.2) is 24.5 Å². The van der Waals surface area contributed by atoms with Gasteiger partial charge in [-0.1, -0.05) is 12.2 Å². The van der Waals surface area contributed by atoms with Crippen LogP contribution in [-0.4, -0.2) is 51.9 Å². The molecule has 2 atom stereocenters. The molecule has 1 aliphatic carbocycles. The lowest BCUT2D eigenvalue weighted by molar-refractivity contribution is -0.134. The minimum absolute atomic E-state index is 0.196. The number of rotatable bonds is 3. The number of likely N-dealkylation sites (N-methyl/N-ethyl adjacent to an activating group) is 1. The summed E-state index contributed by atoms with van der Waals surface area (Å²) in [6, 6.07) is 0.196. The first-order valence-corrected chi connectivity index (χ1v) is 7.77. The Morgan fingerprint density at radius 1 is 1.38 bits per heavy atom. The summed E-state index contributed by atoms with van der Waals surface area (Å²) in [5, 5.41) is 0. The van der Waals surface area contributed by atoms with Crippen molar-refractivity contribution in [2.75, 3.05) is 26.7 Å². The number of piperazine rings is 1. The van der Waals surface area contributed by atoms with Crippen LogP contribution in [0.3, 0.4) is 0 Å². The highest BCUT2D eigenvalue weighted by atomic mass is 16.2. The quantitative estimate of drug-likeness (QED) is 0.793. The first kappa shape index (κ1) is 14.3. The molecule has 1 fully saturated rings. The second-order valence-electron chi connectivity index (χ2n) is 6.20. The maximum absolute atomic E-state index is 12.5. The van der Waals surface area contributed by atoms with Gasteiger partial charge < -0.3 is 9.47 Å². The van der Waals surface area contributed by atoms with Crippen LogP contribution in [0.4, 0.5) is 0 Å². The predicted molar refractivity (Wildman–Crippen MR) is 81.6 cm³/mol. The molecule has 1 aromatic rings. The Labute approximate surface area is 126 Å². The van der Waals surface area contributed by atoms with Crippen LogP contribution in [-0.2, 0) is 11.8 Å². The summed E-state index contributed by atoms with van der Waals surface area (Å²) in [5.41, 5.74) is 0. The Bertz CT molecular complexity index is 536. The molecule has 0 saturated carbocycles. The Hall–Kier alpha value is -1.62. The molecule has 0 unspecified atom stereocenters. The molecule has 0 N–H and O–H groups in total. The summed E-state index contributed by atoms with van der Waals surface area (Å²) in [4.78, 5) is 21.3. The molecule has 114 valence electrons. The third-order valence-electron chi connectivity index (χ3n) is 4.71. The molecule has 0 radical (unpaired) electrons. The first-order chi connectivity index (χ1) is 10.1. The van der Waals surface area contributed by atoms with Crippen molar-refractivity contribution in [2.24, 2.45) is 13.0 Å². The molecular formula is C16H24N4O. The molecule has 21 heavy (non-hydrogen) atoms. The van der Waals surface area contributed by atoms with Crippen LogP contribution in [0.2, 0.25) is 0 Å². The van der Waals surface area contributed by atoms with Crippen molar-refractivity contribution in [3.63, 3.8) is 0 Å². The van der Waals surface area contributed by atoms with Gasteiger partial charge in [0.25, 0.3) is 0 Å². The SMILES string of the molecule is CN1CCN(C(=O)C[C@@H]2C=CCC2)C[C@H]1c1nccn1C. The highest BCUT2D eigenvalue weighted by molar-refractivity contribution is 5.77. The maximum Gasteiger partial charge on any atom is 0.223 e. The maximum atomic E-state index is 12.5. The van der Waals surface area contributed by atoms with Gasteiger partial charge in [0.05, 0.1) is 6.04 Å². The minimum atomic E-state index is 0.196. The average Bonchev–Trinajstić information content (AvgIpc) is 3.11. The van der Waals surface area contributed by atoms with Gasteiger partial charge in [0, 0.05) is 45.5 Å². The molecule has 1 saturated heterocycles. The van der Waals surface area contributed by atoms with Crippen LogP contribution in [0.5, 0.6) is 0 Å². The predicted octanol–water partition coefficient (Wildman–Crippen LogP) is 1.59. The topological polar surface area (TPSA) is 41.4 Å². The number of nitrogens with zero attached hydrogens (tertiary/aromatic N) is 4. The molecular weight excluding hydrogens is 264 g/mol. The van der Waals surface area contributed by atoms with Gasteiger partial charge in [0.2, 0.25) is 5.91 Å². The van der Waals surface area contributed by atoms with Gasteiger partial charge in [0.15, 0.2) is 0 Å². The van der Waals surface area contributed by atoms with Gasteiger partial charge in [-0.15, -0.1) is 0 Å². The summed E-state index contributed by atoms with van der Waals surface area (Å²) < 4.78 is 2.05. The molecule has 0 bridgehead atoms. The van der Waals surface area contributed by atoms with Gasteiger partial charge >= 0.3 is 0 Å². The van der Waals surface area contributed by atoms with Gasteiger partial charge in [0.1, 0.15) is 5.82 Å². The van der Waals surface area contributed by atoms with Crippen LogP contribution < -0.4 is 0 Å². The highest BCUT2D eigenvalue weighted by Crippen LogP contribution is 2.25. The van der Waals surface area contributed by atoms with E-state index in [9.17, 15) is 4.79 Å². The summed E-state index contributed by atoms with van der Waals surface area (Å²) in [6.45, 7) is 2.48. The fourth-order valence-electron chi connectivity index (χ4n) is 3.30. The fourth-order valence-corrected chi connectivity index (χ4v) is 3.30. The summed E-state index contributed by atoms with van der Waals surface area (Å²) >= 11 is 0. The molecule has 5 nitrogen and oxygen atoms in total. The molecule has 0 aromatic carbocycles. The van der Waals surface area contributed by atoms with Gasteiger partial charge in [-0.05, 0) is 25.8 Å². The fraction of sp³-hybridized carbons (Fsp3) is 0.625. The lowest BCUT2D eigenvalue weighted by atomic mass is 10.0. The van der Waals surface area contributed by atoms with Crippen LogP contribution in [0, 0.1) is 5.92 Å². The van der Waals surface area contributed by atoms with Crippen molar-refractivity contribution in [1.82, 2.24) is 19.4 Å². The summed E-state index contributed by atoms with van der Waals surface area (Å²) in [5.74, 6) is 1.78. The largest absolute Gasteiger partial charge is 0.339 e. The molecule has 2 heterocycles. The number of carbonyl (C=O) groups is 1. The smallest absolute Gasteiger partial charge is 0.223 e. The highest BCUT2D eigenvalue weighted by Gasteiger charge is 2.31. The van der Waals surface area contributed by atoms with Crippen molar-refractivity contribution in [1.29, 1.82) is 0 Å². The second kappa shape index (κ2) is 6.02. The molecule has 0 spiro atoms. The third kappa shape index (κ3) is 3.02. The van der Waals surface area contributed by atoms with Crippen molar-refractivity contribution in [3.8, 4) is 0 Å². The Balaban J connectivity index is 1.66. The van der Waals surface area contributed by atoms with Crippen molar-refractivity contribution >= 4 is 5.91 Å². The van der Waals surface area contributed by atoms with E-state index in [2.05, 4.69) is 33.7 Å². The Morgan fingerprint density at radius 3 is 2.90 bits per heavy atom. The van der Waals surface area contributed by atoms with Crippen LogP contribution in [0.1, 0.15) is 31.1 Å². The zero-order valence-corrected chi connectivity index (χ0v) is 12.9. The molecule has 1 aromatic heterocycles. The number of hydrogen-bond acceptors (Lipinski definition) is 3. The average molecular weight is 288 g/mol. The molecule has 3 rings (SSSR count). The molecule has 5 heteroatoms. The zero-order valence-electron chi connectivity index (χ0n) is 12.9. The number of hydrogen-bond donors (Lipinski definition) is 0. The standard InChI is InChI=1S/C16H24N4O/c1-18-9-10-20(15(21)11-13-5-3-4-6-13)12-14(18)16-17-7-8-19(16)2/h3,5,7-8,13-14H,4,6,9-12H2,1-2H3/t13-,14+/m1/s1. The van der Waals surface area contributed by atoms with E-state index in [1.165, 1.54) is 0 Å². The Kier molecular flexibility index (Phi) is 4.10. The van der Waals surface area contributed by atoms with Crippen LogP contribution >= 0.6 is 0 Å². The molecule has 1 aliphatic heterocycles. The van der Waals surface area contributed by atoms with E-state index < -0.39 is 0 Å². The normalized spacial score (nSPS) is 26.5. The van der Waals surface area contributed by atoms with Crippen molar-refractivity contribution in [2.45, 2.75) is 25.3 Å². The van der Waals surface area contributed by atoms with E-state index in [-0.39, 0.29) is 6.04 Å². The lowest BCUT2D eigenvalue weighted by Gasteiger charge is -2.39. The van der Waals surface area contributed by atoms with Gasteiger partial charge in [-0.3, -0.25) is 9.69 Å². The van der Waals surface area contributed by atoms with E-state index in [1.54, 1.807) is 0 Å². The number of aryl methyl sites for hydroxylation is 1. The molecule has 2 aliphatic rings. The summed E-state index contributed by atoms with van der Waals surface area (Å²) in [6.07, 6.45) is 11.1. The number of allylic oxidation sites excluding steroid dienone is 2. The van der Waals surface area contributed by atoms with E-state index in [1.807, 2.05) is 24.3 Å². The first-order valence-electron chi connectivity index (χ1n) is 7.77. The lowest BCUT2D eigenvalue weighted by Crippen LogP contribution is -2.49. The minimum Gasteiger partial charge on any atom is -0.339 e. The number of carbonyl (C=O) groups excluding carboxylic acids is 1. The van der Waals surface area contributed by atoms with E-state index in [0.717, 1.165) is 38.3 Å². The Morgan fingerprint density at radius 2 is 2.24 bits per heavy atom. The summed E-state index contributed by atoms with van der Waals surface area (Å²) in [7, 11) is 4.13. The second-order valence-corrected chi connectivity index (χ2v) is 6.20. The van der Waals surface area contributed by atoms with Crippen molar-refractivity contribution in [3.05, 3.63) is 30.4 Å². The van der Waals surface area contributed by atoms with Crippen LogP contribution in [0.25, 0.3) is 0 Å². The zero-order chi connectivity index (χ0) is 14.8. The number of amides is 1.